The van der Waals surface area contributed by atoms with Gasteiger partial charge in [0, 0.05) is 7.11 Å². The smallest absolute Gasteiger partial charge is 0.345 e. The molecule has 19 heavy (non-hydrogen) atoms. The van der Waals surface area contributed by atoms with E-state index in [1.54, 1.807) is 48.5 Å². The van der Waals surface area contributed by atoms with Gasteiger partial charge < -0.3 is 16.0 Å². The van der Waals surface area contributed by atoms with E-state index >= 15 is 0 Å². The summed E-state index contributed by atoms with van der Waals surface area (Å²) >= 11 is 0. The van der Waals surface area contributed by atoms with Crippen LogP contribution in [0.3, 0.4) is 0 Å². The number of carboxylic acids is 1. The Balaban J connectivity index is 0.00000180. The number of hydrogen-bond donors (Lipinski definition) is 2. The molecular weight excluding hydrogens is 242 g/mol. The maximum absolute atomic E-state index is 11.7. The Morgan fingerprint density at radius 3 is 1.58 bits per heavy atom. The number of methoxy groups -OCH3 is 1. The summed E-state index contributed by atoms with van der Waals surface area (Å²) in [6.45, 7) is 0. The standard InChI is InChI=1S/C15H14O3.H3N/c1-18-15(14(16)17,12-8-4-2-5-9-12)13-10-6-3-7-11-13;/h2-11H,1H3,(H,16,17);1H3. The molecule has 100 valence electrons. The summed E-state index contributed by atoms with van der Waals surface area (Å²) in [6, 6.07) is 17.9. The van der Waals surface area contributed by atoms with E-state index in [0.717, 1.165) is 0 Å². The second-order valence-electron chi connectivity index (χ2n) is 3.92. The van der Waals surface area contributed by atoms with Crippen molar-refractivity contribution in [2.75, 3.05) is 7.11 Å². The molecule has 0 fully saturated rings. The fraction of sp³-hybridized carbons (Fsp3) is 0.133. The van der Waals surface area contributed by atoms with Gasteiger partial charge in [-0.3, -0.25) is 0 Å². The van der Waals surface area contributed by atoms with Gasteiger partial charge in [0.25, 0.3) is 0 Å². The number of aliphatic carboxylic acids is 1. The summed E-state index contributed by atoms with van der Waals surface area (Å²) in [5.74, 6) is -1.03. The van der Waals surface area contributed by atoms with E-state index in [1.807, 2.05) is 12.1 Å². The van der Waals surface area contributed by atoms with E-state index in [-0.39, 0.29) is 6.15 Å². The first-order chi connectivity index (χ1) is 8.71. The molecule has 2 aromatic carbocycles. The van der Waals surface area contributed by atoms with Gasteiger partial charge in [-0.2, -0.15) is 0 Å². The number of carboxylic acid groups (broad SMARTS) is 1. The molecule has 4 nitrogen and oxygen atoms in total. The first-order valence-electron chi connectivity index (χ1n) is 5.61. The van der Waals surface area contributed by atoms with Crippen molar-refractivity contribution < 1.29 is 14.6 Å². The highest BCUT2D eigenvalue weighted by atomic mass is 16.5. The average Bonchev–Trinajstić information content (AvgIpc) is 2.42. The van der Waals surface area contributed by atoms with Crippen molar-refractivity contribution in [1.82, 2.24) is 6.15 Å². The lowest BCUT2D eigenvalue weighted by atomic mass is 9.86. The van der Waals surface area contributed by atoms with Crippen LogP contribution in [-0.2, 0) is 15.1 Å². The minimum absolute atomic E-state index is 0. The molecule has 0 spiro atoms. The molecule has 4 heteroatoms. The highest BCUT2D eigenvalue weighted by molar-refractivity contribution is 5.84. The number of hydrogen-bond acceptors (Lipinski definition) is 3. The molecular formula is C15H17NO3. The fourth-order valence-electron chi connectivity index (χ4n) is 2.08. The largest absolute Gasteiger partial charge is 0.479 e. The van der Waals surface area contributed by atoms with Gasteiger partial charge in [-0.1, -0.05) is 60.7 Å². The number of carbonyl (C=O) groups is 1. The van der Waals surface area contributed by atoms with Gasteiger partial charge in [0.05, 0.1) is 0 Å². The highest BCUT2D eigenvalue weighted by Crippen LogP contribution is 2.33. The third-order valence-corrected chi connectivity index (χ3v) is 2.97. The third kappa shape index (κ3) is 2.50. The Hall–Kier alpha value is -2.17. The van der Waals surface area contributed by atoms with Crippen molar-refractivity contribution in [3.05, 3.63) is 71.8 Å². The van der Waals surface area contributed by atoms with Crippen LogP contribution in [0.1, 0.15) is 11.1 Å². The second-order valence-corrected chi connectivity index (χ2v) is 3.92. The van der Waals surface area contributed by atoms with E-state index in [2.05, 4.69) is 0 Å². The first kappa shape index (κ1) is 14.9. The van der Waals surface area contributed by atoms with Gasteiger partial charge in [0.1, 0.15) is 0 Å². The van der Waals surface area contributed by atoms with Crippen LogP contribution < -0.4 is 6.15 Å². The lowest BCUT2D eigenvalue weighted by molar-refractivity contribution is -0.158. The minimum Gasteiger partial charge on any atom is -0.479 e. The molecule has 0 atom stereocenters. The molecule has 0 saturated heterocycles. The Kier molecular flexibility index (Phi) is 4.80. The molecule has 2 rings (SSSR count). The monoisotopic (exact) mass is 259 g/mol. The van der Waals surface area contributed by atoms with Gasteiger partial charge in [0.2, 0.25) is 5.60 Å². The van der Waals surface area contributed by atoms with Crippen molar-refractivity contribution in [3.63, 3.8) is 0 Å². The van der Waals surface area contributed by atoms with Crippen molar-refractivity contribution in [2.24, 2.45) is 0 Å². The Morgan fingerprint density at radius 1 is 0.947 bits per heavy atom. The predicted octanol–water partition coefficient (Wildman–Crippen LogP) is 2.82. The molecule has 0 heterocycles. The van der Waals surface area contributed by atoms with Crippen LogP contribution in [0.15, 0.2) is 60.7 Å². The van der Waals surface area contributed by atoms with Crippen LogP contribution in [0.2, 0.25) is 0 Å². The maximum Gasteiger partial charge on any atom is 0.345 e. The zero-order valence-electron chi connectivity index (χ0n) is 10.7. The summed E-state index contributed by atoms with van der Waals surface area (Å²) in [5.41, 5.74) is -0.250. The molecule has 0 bridgehead atoms. The molecule has 0 aliphatic rings. The van der Waals surface area contributed by atoms with Crippen molar-refractivity contribution in [3.8, 4) is 0 Å². The Morgan fingerprint density at radius 2 is 1.32 bits per heavy atom. The van der Waals surface area contributed by atoms with Crippen LogP contribution in [0, 0.1) is 0 Å². The molecule has 0 unspecified atom stereocenters. The van der Waals surface area contributed by atoms with Crippen molar-refractivity contribution in [1.29, 1.82) is 0 Å². The minimum atomic E-state index is -1.46. The average molecular weight is 259 g/mol. The molecule has 0 aliphatic heterocycles. The van der Waals surface area contributed by atoms with E-state index < -0.39 is 11.6 Å². The second kappa shape index (κ2) is 6.13. The van der Waals surface area contributed by atoms with E-state index in [4.69, 9.17) is 4.74 Å². The molecule has 0 saturated carbocycles. The third-order valence-electron chi connectivity index (χ3n) is 2.97. The predicted molar refractivity (Wildman–Crippen MR) is 73.3 cm³/mol. The summed E-state index contributed by atoms with van der Waals surface area (Å²) < 4.78 is 5.37. The van der Waals surface area contributed by atoms with E-state index in [1.165, 1.54) is 7.11 Å². The van der Waals surface area contributed by atoms with Gasteiger partial charge >= 0.3 is 5.97 Å². The quantitative estimate of drug-likeness (QED) is 0.884. The zero-order valence-corrected chi connectivity index (χ0v) is 10.7. The van der Waals surface area contributed by atoms with Crippen LogP contribution in [0.4, 0.5) is 0 Å². The van der Waals surface area contributed by atoms with Crippen molar-refractivity contribution in [2.45, 2.75) is 5.60 Å². The summed E-state index contributed by atoms with van der Waals surface area (Å²) in [5, 5.41) is 9.61. The first-order valence-corrected chi connectivity index (χ1v) is 5.61. The summed E-state index contributed by atoms with van der Waals surface area (Å²) in [4.78, 5) is 11.7. The van der Waals surface area contributed by atoms with Crippen LogP contribution in [-0.4, -0.2) is 18.2 Å². The van der Waals surface area contributed by atoms with Crippen LogP contribution in [0.25, 0.3) is 0 Å². The SMILES string of the molecule is COC(C(=O)O)(c1ccccc1)c1ccccc1.N. The van der Waals surface area contributed by atoms with Crippen LogP contribution in [0.5, 0.6) is 0 Å². The van der Waals surface area contributed by atoms with Crippen molar-refractivity contribution >= 4 is 5.97 Å². The number of rotatable bonds is 4. The molecule has 0 radical (unpaired) electrons. The highest BCUT2D eigenvalue weighted by Gasteiger charge is 2.42. The topological polar surface area (TPSA) is 81.5 Å². The van der Waals surface area contributed by atoms with E-state index in [0.29, 0.717) is 11.1 Å². The van der Waals surface area contributed by atoms with Gasteiger partial charge in [-0.15, -0.1) is 0 Å². The molecule has 4 N–H and O–H groups in total. The van der Waals surface area contributed by atoms with E-state index in [9.17, 15) is 9.90 Å². The molecule has 0 amide bonds. The number of ether oxygens (including phenoxy) is 1. The molecule has 0 aliphatic carbocycles. The maximum atomic E-state index is 11.7. The van der Waals surface area contributed by atoms with Gasteiger partial charge in [-0.25, -0.2) is 4.79 Å². The Bertz CT molecular complexity index is 486. The van der Waals surface area contributed by atoms with Gasteiger partial charge in [0.15, 0.2) is 0 Å². The lowest BCUT2D eigenvalue weighted by Gasteiger charge is -2.28. The zero-order chi connectivity index (χ0) is 13.0. The fourth-order valence-corrected chi connectivity index (χ4v) is 2.08. The van der Waals surface area contributed by atoms with Crippen LogP contribution >= 0.6 is 0 Å². The lowest BCUT2D eigenvalue weighted by Crippen LogP contribution is -2.38. The van der Waals surface area contributed by atoms with Gasteiger partial charge in [-0.05, 0) is 11.1 Å². The Labute approximate surface area is 112 Å². The summed E-state index contributed by atoms with van der Waals surface area (Å²) in [6.07, 6.45) is 0. The summed E-state index contributed by atoms with van der Waals surface area (Å²) in [7, 11) is 1.41. The number of benzene rings is 2. The normalized spacial score (nSPS) is 10.6. The molecule has 2 aromatic rings. The molecule has 0 aromatic heterocycles.